The summed E-state index contributed by atoms with van der Waals surface area (Å²) in [5, 5.41) is 7.79. The molecule has 0 radical (unpaired) electrons. The third-order valence-corrected chi connectivity index (χ3v) is 0.860. The first-order valence-electron chi connectivity index (χ1n) is 3.00. The molecule has 0 heterocycles. The van der Waals surface area contributed by atoms with E-state index in [1.165, 1.54) is 13.8 Å². The zero-order valence-electron chi connectivity index (χ0n) is 6.19. The van der Waals surface area contributed by atoms with E-state index in [1.807, 2.05) is 0 Å². The highest BCUT2D eigenvalue weighted by Gasteiger charge is 2.20. The van der Waals surface area contributed by atoms with Crippen LogP contribution in [0.15, 0.2) is 0 Å². The van der Waals surface area contributed by atoms with Crippen molar-refractivity contribution in [3.8, 4) is 11.8 Å². The Hall–Kier alpha value is -0.950. The molecule has 0 aromatic rings. The predicted octanol–water partition coefficient (Wildman–Crippen LogP) is 0.800. The lowest BCUT2D eigenvalue weighted by Crippen LogP contribution is -2.12. The summed E-state index contributed by atoms with van der Waals surface area (Å²) in [6.45, 7) is 3.07. The van der Waals surface area contributed by atoms with Gasteiger partial charge in [0.1, 0.15) is 0 Å². The van der Waals surface area contributed by atoms with Crippen LogP contribution >= 0.6 is 0 Å². The van der Waals surface area contributed by atoms with E-state index in [0.29, 0.717) is 0 Å². The van der Waals surface area contributed by atoms with Gasteiger partial charge in [0.05, 0.1) is 0 Å². The molecule has 11 heavy (non-hydrogen) atoms. The fraction of sp³-hybridized carbons (Fsp3) is 0.571. The molecule has 0 rings (SSSR count). The maximum absolute atomic E-state index is 11.6. The number of hydrogen-bond donors (Lipinski definition) is 1. The number of alkyl halides is 2. The zero-order chi connectivity index (χ0) is 9.07. The topological polar surface area (TPSA) is 37.3 Å². The maximum Gasteiger partial charge on any atom is 0.421 e. The molecule has 0 saturated carbocycles. The summed E-state index contributed by atoms with van der Waals surface area (Å²) < 4.78 is 23.2. The quantitative estimate of drug-likeness (QED) is 0.457. The van der Waals surface area contributed by atoms with Gasteiger partial charge in [0.25, 0.3) is 0 Å². The van der Waals surface area contributed by atoms with Crippen LogP contribution in [0, 0.1) is 17.8 Å². The van der Waals surface area contributed by atoms with Gasteiger partial charge in [0, 0.05) is 11.8 Å². The van der Waals surface area contributed by atoms with Gasteiger partial charge in [-0.1, -0.05) is 13.8 Å². The van der Waals surface area contributed by atoms with Crippen LogP contribution in [0.1, 0.15) is 13.8 Å². The van der Waals surface area contributed by atoms with Gasteiger partial charge >= 0.3 is 6.11 Å². The van der Waals surface area contributed by atoms with Gasteiger partial charge < -0.3 is 5.11 Å². The standard InChI is InChI=1S/C7H8F2O2/c1-5(2)6(10)3-4-7(8,9)11/h5,11H,1-2H3. The van der Waals surface area contributed by atoms with Gasteiger partial charge in [0.2, 0.25) is 5.78 Å². The number of Topliss-reactive ketones (excluding diaryl/α,β-unsaturated/α-hetero) is 1. The summed E-state index contributed by atoms with van der Waals surface area (Å²) in [4.78, 5) is 10.6. The molecule has 0 spiro atoms. The van der Waals surface area contributed by atoms with Gasteiger partial charge in [-0.3, -0.25) is 4.79 Å². The van der Waals surface area contributed by atoms with Crippen molar-refractivity contribution in [1.82, 2.24) is 0 Å². The Morgan fingerprint density at radius 1 is 1.55 bits per heavy atom. The maximum atomic E-state index is 11.6. The van der Waals surface area contributed by atoms with Gasteiger partial charge in [-0.2, -0.15) is 8.78 Å². The first kappa shape index (κ1) is 10.0. The first-order valence-corrected chi connectivity index (χ1v) is 3.00. The third kappa shape index (κ3) is 5.49. The van der Waals surface area contributed by atoms with Crippen LogP contribution in [-0.2, 0) is 4.79 Å². The van der Waals surface area contributed by atoms with Crippen LogP contribution in [0.5, 0.6) is 0 Å². The second-order valence-corrected chi connectivity index (χ2v) is 2.31. The molecule has 2 nitrogen and oxygen atoms in total. The van der Waals surface area contributed by atoms with Crippen LogP contribution in [-0.4, -0.2) is 17.0 Å². The van der Waals surface area contributed by atoms with E-state index in [2.05, 4.69) is 0 Å². The molecule has 0 aromatic heterocycles. The van der Waals surface area contributed by atoms with Gasteiger partial charge in [-0.15, -0.1) is 0 Å². The van der Waals surface area contributed by atoms with Gasteiger partial charge in [-0.25, -0.2) is 0 Å². The zero-order valence-corrected chi connectivity index (χ0v) is 6.19. The van der Waals surface area contributed by atoms with E-state index >= 15 is 0 Å². The Balaban J connectivity index is 4.20. The van der Waals surface area contributed by atoms with Crippen molar-refractivity contribution >= 4 is 5.78 Å². The van der Waals surface area contributed by atoms with E-state index in [9.17, 15) is 13.6 Å². The Morgan fingerprint density at radius 2 is 2.00 bits per heavy atom. The monoisotopic (exact) mass is 162 g/mol. The Morgan fingerprint density at radius 3 is 2.27 bits per heavy atom. The molecular formula is C7H8F2O2. The SMILES string of the molecule is CC(C)C(=O)C#CC(O)(F)F. The number of ketones is 1. The molecule has 0 aliphatic rings. The summed E-state index contributed by atoms with van der Waals surface area (Å²) in [5.41, 5.74) is 0. The molecule has 1 N–H and O–H groups in total. The summed E-state index contributed by atoms with van der Waals surface area (Å²) in [7, 11) is 0. The lowest BCUT2D eigenvalue weighted by molar-refractivity contribution is -0.146. The van der Waals surface area contributed by atoms with Crippen LogP contribution in [0.25, 0.3) is 0 Å². The fourth-order valence-electron chi connectivity index (χ4n) is 0.281. The van der Waals surface area contributed by atoms with Crippen molar-refractivity contribution in [1.29, 1.82) is 0 Å². The molecule has 0 saturated heterocycles. The van der Waals surface area contributed by atoms with Crippen molar-refractivity contribution in [2.45, 2.75) is 20.0 Å². The number of halogens is 2. The highest BCUT2D eigenvalue weighted by atomic mass is 19.3. The first-order chi connectivity index (χ1) is 4.83. The molecule has 62 valence electrons. The highest BCUT2D eigenvalue weighted by molar-refractivity contribution is 5.96. The normalized spacial score (nSPS) is 10.7. The summed E-state index contributed by atoms with van der Waals surface area (Å²) in [6.07, 6.45) is -4.06. The minimum Gasteiger partial charge on any atom is -0.326 e. The predicted molar refractivity (Wildman–Crippen MR) is 34.8 cm³/mol. The minimum atomic E-state index is -4.06. The molecule has 0 aliphatic heterocycles. The van der Waals surface area contributed by atoms with E-state index in [0.717, 1.165) is 5.92 Å². The number of rotatable bonds is 1. The molecule has 0 unspecified atom stereocenters. The second kappa shape index (κ2) is 3.44. The molecular weight excluding hydrogens is 154 g/mol. The number of hydrogen-bond acceptors (Lipinski definition) is 2. The second-order valence-electron chi connectivity index (χ2n) is 2.31. The van der Waals surface area contributed by atoms with Crippen molar-refractivity contribution in [2.24, 2.45) is 5.92 Å². The number of carbonyl (C=O) groups excluding carboxylic acids is 1. The van der Waals surface area contributed by atoms with E-state index in [-0.39, 0.29) is 0 Å². The van der Waals surface area contributed by atoms with Crippen LogP contribution in [0.3, 0.4) is 0 Å². The Bertz CT molecular complexity index is 205. The van der Waals surface area contributed by atoms with E-state index < -0.39 is 17.8 Å². The van der Waals surface area contributed by atoms with Gasteiger partial charge in [0.15, 0.2) is 0 Å². The van der Waals surface area contributed by atoms with Crippen LogP contribution in [0.4, 0.5) is 8.78 Å². The number of aliphatic hydroxyl groups is 1. The van der Waals surface area contributed by atoms with Crippen molar-refractivity contribution in [2.75, 3.05) is 0 Å². The molecule has 0 amide bonds. The molecule has 4 heteroatoms. The molecule has 0 aromatic carbocycles. The molecule has 0 fully saturated rings. The van der Waals surface area contributed by atoms with Crippen LogP contribution < -0.4 is 0 Å². The average Bonchev–Trinajstić information content (AvgIpc) is 1.80. The summed E-state index contributed by atoms with van der Waals surface area (Å²) >= 11 is 0. The lowest BCUT2D eigenvalue weighted by atomic mass is 10.1. The smallest absolute Gasteiger partial charge is 0.326 e. The Labute approximate surface area is 63.2 Å². The third-order valence-electron chi connectivity index (χ3n) is 0.860. The molecule has 0 bridgehead atoms. The summed E-state index contributed by atoms with van der Waals surface area (Å²) in [5.74, 6) is 1.73. The average molecular weight is 162 g/mol. The van der Waals surface area contributed by atoms with Crippen molar-refractivity contribution in [3.05, 3.63) is 0 Å². The van der Waals surface area contributed by atoms with E-state index in [4.69, 9.17) is 5.11 Å². The molecule has 0 atom stereocenters. The summed E-state index contributed by atoms with van der Waals surface area (Å²) in [6, 6.07) is 0. The molecule has 0 aliphatic carbocycles. The van der Waals surface area contributed by atoms with Crippen molar-refractivity contribution in [3.63, 3.8) is 0 Å². The van der Waals surface area contributed by atoms with Gasteiger partial charge in [-0.05, 0) is 5.92 Å². The Kier molecular flexibility index (Phi) is 3.15. The minimum absolute atomic E-state index is 0.412. The van der Waals surface area contributed by atoms with Crippen molar-refractivity contribution < 1.29 is 18.7 Å². The fourth-order valence-corrected chi connectivity index (χ4v) is 0.281. The highest BCUT2D eigenvalue weighted by Crippen LogP contribution is 2.04. The largest absolute Gasteiger partial charge is 0.421 e. The van der Waals surface area contributed by atoms with E-state index in [1.54, 1.807) is 5.92 Å². The number of carbonyl (C=O) groups is 1. The van der Waals surface area contributed by atoms with Crippen LogP contribution in [0.2, 0.25) is 0 Å². The lowest BCUT2D eigenvalue weighted by Gasteiger charge is -1.96.